The highest BCUT2D eigenvalue weighted by atomic mass is 19.1. The number of halogens is 2. The van der Waals surface area contributed by atoms with E-state index < -0.39 is 0 Å². The van der Waals surface area contributed by atoms with Gasteiger partial charge in [0.15, 0.2) is 23.1 Å². The predicted molar refractivity (Wildman–Crippen MR) is 176 cm³/mol. The summed E-state index contributed by atoms with van der Waals surface area (Å²) in [6.07, 6.45) is 25.1. The molecule has 3 aromatic carbocycles. The Hall–Kier alpha value is -2.36. The molecule has 0 saturated heterocycles. The highest BCUT2D eigenvalue weighted by molar-refractivity contribution is 6.08. The van der Waals surface area contributed by atoms with E-state index >= 15 is 8.78 Å². The van der Waals surface area contributed by atoms with E-state index in [-0.39, 0.29) is 23.1 Å². The molecule has 0 aromatic heterocycles. The second kappa shape index (κ2) is 20.5. The normalized spacial score (nSPS) is 11.5. The second-order valence-corrected chi connectivity index (χ2v) is 12.1. The second-order valence-electron chi connectivity index (χ2n) is 12.1. The first-order chi connectivity index (χ1) is 20.7. The lowest BCUT2D eigenvalue weighted by Crippen LogP contribution is -2.01. The summed E-state index contributed by atoms with van der Waals surface area (Å²) in [4.78, 5) is 0. The molecule has 3 aromatic rings. The van der Waals surface area contributed by atoms with Crippen molar-refractivity contribution in [1.82, 2.24) is 0 Å². The lowest BCUT2D eigenvalue weighted by molar-refractivity contribution is 0.291. The number of fused-ring (bicyclic) bond motifs is 3. The largest absolute Gasteiger partial charge is 0.490 e. The van der Waals surface area contributed by atoms with Crippen molar-refractivity contribution in [1.29, 1.82) is 0 Å². The van der Waals surface area contributed by atoms with Crippen LogP contribution in [-0.2, 0) is 0 Å². The Morgan fingerprint density at radius 1 is 0.381 bits per heavy atom. The lowest BCUT2D eigenvalue weighted by Gasteiger charge is -2.13. The van der Waals surface area contributed by atoms with Crippen molar-refractivity contribution in [3.05, 3.63) is 48.0 Å². The summed E-state index contributed by atoms with van der Waals surface area (Å²) < 4.78 is 42.3. The average molecular weight is 583 g/mol. The molecule has 0 N–H and O–H groups in total. The van der Waals surface area contributed by atoms with Gasteiger partial charge in [-0.2, -0.15) is 0 Å². The maximum Gasteiger partial charge on any atom is 0.172 e. The molecule has 0 spiro atoms. The van der Waals surface area contributed by atoms with E-state index in [1.54, 1.807) is 24.3 Å². The monoisotopic (exact) mass is 582 g/mol. The van der Waals surface area contributed by atoms with Crippen LogP contribution in [0.25, 0.3) is 21.5 Å². The minimum absolute atomic E-state index is 0.273. The molecule has 0 aliphatic rings. The number of rotatable bonds is 24. The van der Waals surface area contributed by atoms with Gasteiger partial charge in [0.05, 0.1) is 13.2 Å². The van der Waals surface area contributed by atoms with Crippen molar-refractivity contribution in [3.63, 3.8) is 0 Å². The van der Waals surface area contributed by atoms with E-state index in [4.69, 9.17) is 9.47 Å². The fourth-order valence-electron chi connectivity index (χ4n) is 5.87. The molecule has 0 aliphatic carbocycles. The van der Waals surface area contributed by atoms with Gasteiger partial charge in [-0.1, -0.05) is 142 Å². The average Bonchev–Trinajstić information content (AvgIpc) is 3.00. The molecule has 2 nitrogen and oxygen atoms in total. The summed E-state index contributed by atoms with van der Waals surface area (Å²) in [5, 5.41) is 2.30. The molecule has 0 heterocycles. The van der Waals surface area contributed by atoms with Crippen LogP contribution in [0.15, 0.2) is 36.4 Å². The maximum atomic E-state index is 15.3. The molecule has 0 fully saturated rings. The quantitative estimate of drug-likeness (QED) is 0.0772. The van der Waals surface area contributed by atoms with Crippen LogP contribution in [-0.4, -0.2) is 13.2 Å². The summed E-state index contributed by atoms with van der Waals surface area (Å²) in [6, 6.07) is 10.4. The predicted octanol–water partition coefficient (Wildman–Crippen LogP) is 12.9. The van der Waals surface area contributed by atoms with E-state index in [1.807, 2.05) is 12.1 Å². The summed E-state index contributed by atoms with van der Waals surface area (Å²) in [7, 11) is 0. The van der Waals surface area contributed by atoms with Gasteiger partial charge in [0, 0.05) is 10.8 Å². The van der Waals surface area contributed by atoms with Crippen LogP contribution in [0.4, 0.5) is 8.78 Å². The third kappa shape index (κ3) is 11.4. The van der Waals surface area contributed by atoms with Crippen LogP contribution in [0.5, 0.6) is 11.5 Å². The van der Waals surface area contributed by atoms with Gasteiger partial charge in [0.1, 0.15) is 0 Å². The van der Waals surface area contributed by atoms with Crippen molar-refractivity contribution < 1.29 is 18.3 Å². The van der Waals surface area contributed by atoms with Crippen molar-refractivity contribution in [2.45, 2.75) is 142 Å². The van der Waals surface area contributed by atoms with E-state index in [0.717, 1.165) is 25.7 Å². The van der Waals surface area contributed by atoms with Crippen molar-refractivity contribution in [2.75, 3.05) is 13.2 Å². The van der Waals surface area contributed by atoms with Crippen LogP contribution < -0.4 is 9.47 Å². The third-order valence-electron chi connectivity index (χ3n) is 8.51. The highest BCUT2D eigenvalue weighted by Gasteiger charge is 2.15. The van der Waals surface area contributed by atoms with Crippen LogP contribution in [0.2, 0.25) is 0 Å². The summed E-state index contributed by atoms with van der Waals surface area (Å²) in [6.45, 7) is 5.53. The van der Waals surface area contributed by atoms with E-state index in [9.17, 15) is 0 Å². The minimum atomic E-state index is -0.372. The van der Waals surface area contributed by atoms with Crippen LogP contribution in [0.1, 0.15) is 142 Å². The SMILES string of the molecule is CCCCCCCCCCCCOc1ccc2c(ccc3c(F)c(OCCCCCCCCCCCC)ccc32)c1F. The molecule has 0 aliphatic heterocycles. The van der Waals surface area contributed by atoms with Crippen molar-refractivity contribution in [3.8, 4) is 11.5 Å². The molecule has 0 amide bonds. The first-order valence-electron chi connectivity index (χ1n) is 17.3. The molecule has 0 unspecified atom stereocenters. The fraction of sp³-hybridized carbons (Fsp3) is 0.632. The topological polar surface area (TPSA) is 18.5 Å². The Morgan fingerprint density at radius 2 is 0.667 bits per heavy atom. The maximum absolute atomic E-state index is 15.3. The molecule has 0 saturated carbocycles. The number of benzene rings is 3. The zero-order valence-corrected chi connectivity index (χ0v) is 26.6. The molecule has 0 radical (unpaired) electrons. The van der Waals surface area contributed by atoms with Gasteiger partial charge in [-0.05, 0) is 47.9 Å². The van der Waals surface area contributed by atoms with Gasteiger partial charge in [-0.15, -0.1) is 0 Å². The molecular formula is C38H56F2O2. The lowest BCUT2D eigenvalue weighted by atomic mass is 10.0. The molecule has 4 heteroatoms. The van der Waals surface area contributed by atoms with Crippen LogP contribution >= 0.6 is 0 Å². The Kier molecular flexibility index (Phi) is 16.7. The number of hydrogen-bond donors (Lipinski definition) is 0. The molecule has 0 bridgehead atoms. The smallest absolute Gasteiger partial charge is 0.172 e. The molecule has 3 rings (SSSR count). The number of ether oxygens (including phenoxy) is 2. The molecular weight excluding hydrogens is 526 g/mol. The highest BCUT2D eigenvalue weighted by Crippen LogP contribution is 2.35. The fourth-order valence-corrected chi connectivity index (χ4v) is 5.87. The Balaban J connectivity index is 1.41. The zero-order chi connectivity index (χ0) is 29.8. The van der Waals surface area contributed by atoms with Gasteiger partial charge in [0.25, 0.3) is 0 Å². The molecule has 0 atom stereocenters. The van der Waals surface area contributed by atoms with Crippen LogP contribution in [0.3, 0.4) is 0 Å². The summed E-state index contributed by atoms with van der Waals surface area (Å²) in [5.41, 5.74) is 0. The van der Waals surface area contributed by atoms with E-state index in [0.29, 0.717) is 34.8 Å². The molecule has 234 valence electrons. The summed E-state index contributed by atoms with van der Waals surface area (Å²) in [5.74, 6) is -0.198. The van der Waals surface area contributed by atoms with Gasteiger partial charge in [0.2, 0.25) is 0 Å². The summed E-state index contributed by atoms with van der Waals surface area (Å²) >= 11 is 0. The first kappa shape index (κ1) is 34.1. The Labute approximate surface area is 254 Å². The van der Waals surface area contributed by atoms with Crippen molar-refractivity contribution >= 4 is 21.5 Å². The first-order valence-corrected chi connectivity index (χ1v) is 17.3. The van der Waals surface area contributed by atoms with Crippen molar-refractivity contribution in [2.24, 2.45) is 0 Å². The number of hydrogen-bond acceptors (Lipinski definition) is 2. The van der Waals surface area contributed by atoms with E-state index in [1.165, 1.54) is 103 Å². The van der Waals surface area contributed by atoms with E-state index in [2.05, 4.69) is 13.8 Å². The Morgan fingerprint density at radius 3 is 1.00 bits per heavy atom. The minimum Gasteiger partial charge on any atom is -0.490 e. The van der Waals surface area contributed by atoms with Gasteiger partial charge in [-0.3, -0.25) is 0 Å². The zero-order valence-electron chi connectivity index (χ0n) is 26.6. The van der Waals surface area contributed by atoms with Crippen LogP contribution in [0, 0.1) is 11.6 Å². The standard InChI is InChI=1S/C38H56F2O2/c1-3-5-7-9-11-13-15-17-19-21-29-41-35-27-25-31-32-26-28-36(38(40)34(32)24-23-33(31)37(35)39)42-30-22-20-18-16-14-12-10-8-6-4-2/h23-28H,3-22,29-30H2,1-2H3. The third-order valence-corrected chi connectivity index (χ3v) is 8.51. The van der Waals surface area contributed by atoms with Gasteiger partial charge in [-0.25, -0.2) is 8.78 Å². The Bertz CT molecular complexity index is 1070. The number of unbranched alkanes of at least 4 members (excludes halogenated alkanes) is 18. The van der Waals surface area contributed by atoms with Gasteiger partial charge < -0.3 is 9.47 Å². The molecule has 42 heavy (non-hydrogen) atoms. The van der Waals surface area contributed by atoms with Gasteiger partial charge >= 0.3 is 0 Å².